The van der Waals surface area contributed by atoms with Crippen molar-refractivity contribution in [1.82, 2.24) is 0 Å². The van der Waals surface area contributed by atoms with Gasteiger partial charge in [-0.2, -0.15) is 0 Å². The van der Waals surface area contributed by atoms with Crippen LogP contribution in [0.4, 0.5) is 15.8 Å². The average Bonchev–Trinajstić information content (AvgIpc) is 2.34. The van der Waals surface area contributed by atoms with E-state index in [0.29, 0.717) is 12.2 Å². The van der Waals surface area contributed by atoms with E-state index in [4.69, 9.17) is 10.8 Å². The lowest BCUT2D eigenvalue weighted by molar-refractivity contribution is 0.475. The zero-order chi connectivity index (χ0) is 13.0. The molecule has 0 spiro atoms. The third-order valence-electron chi connectivity index (χ3n) is 2.68. The van der Waals surface area contributed by atoms with Crippen LogP contribution in [-0.4, -0.2) is 11.7 Å². The van der Waals surface area contributed by atoms with Crippen LogP contribution in [0.5, 0.6) is 5.75 Å². The molecule has 0 heterocycles. The molecule has 4 heteroatoms. The van der Waals surface area contributed by atoms with E-state index in [1.807, 2.05) is 12.1 Å². The third-order valence-corrected chi connectivity index (χ3v) is 2.68. The number of hydrogen-bond donors (Lipinski definition) is 3. The molecule has 0 atom stereocenters. The average molecular weight is 246 g/mol. The van der Waals surface area contributed by atoms with E-state index < -0.39 is 0 Å². The molecule has 0 saturated carbocycles. The first kappa shape index (κ1) is 12.2. The van der Waals surface area contributed by atoms with Crippen LogP contribution < -0.4 is 11.1 Å². The van der Waals surface area contributed by atoms with Crippen LogP contribution in [-0.2, 0) is 6.42 Å². The van der Waals surface area contributed by atoms with Crippen molar-refractivity contribution in [3.63, 3.8) is 0 Å². The summed E-state index contributed by atoms with van der Waals surface area (Å²) in [6, 6.07) is 11.3. The predicted molar refractivity (Wildman–Crippen MR) is 71.1 cm³/mol. The lowest BCUT2D eigenvalue weighted by Gasteiger charge is -2.09. The largest absolute Gasteiger partial charge is 0.508 e. The highest BCUT2D eigenvalue weighted by molar-refractivity contribution is 5.65. The number of nitrogens with one attached hydrogen (secondary N) is 1. The van der Waals surface area contributed by atoms with E-state index in [0.717, 1.165) is 17.7 Å². The van der Waals surface area contributed by atoms with Gasteiger partial charge in [-0.1, -0.05) is 12.1 Å². The molecule has 94 valence electrons. The number of aromatic hydroxyl groups is 1. The first-order valence-electron chi connectivity index (χ1n) is 5.72. The maximum absolute atomic E-state index is 12.8. The monoisotopic (exact) mass is 246 g/mol. The molecule has 0 aliphatic rings. The van der Waals surface area contributed by atoms with Crippen molar-refractivity contribution < 1.29 is 9.50 Å². The van der Waals surface area contributed by atoms with Gasteiger partial charge in [-0.05, 0) is 42.3 Å². The topological polar surface area (TPSA) is 58.3 Å². The smallest absolute Gasteiger partial charge is 0.125 e. The number of halogens is 1. The summed E-state index contributed by atoms with van der Waals surface area (Å²) in [4.78, 5) is 0. The number of phenols is 1. The number of rotatable bonds is 4. The molecule has 3 nitrogen and oxygen atoms in total. The van der Waals surface area contributed by atoms with Crippen molar-refractivity contribution in [3.8, 4) is 5.75 Å². The lowest BCUT2D eigenvalue weighted by Crippen LogP contribution is -2.06. The van der Waals surface area contributed by atoms with Crippen molar-refractivity contribution >= 4 is 11.4 Å². The zero-order valence-corrected chi connectivity index (χ0v) is 9.86. The van der Waals surface area contributed by atoms with E-state index in [1.165, 1.54) is 12.1 Å². The maximum Gasteiger partial charge on any atom is 0.125 e. The fraction of sp³-hybridized carbons (Fsp3) is 0.143. The lowest BCUT2D eigenvalue weighted by atomic mass is 10.1. The quantitative estimate of drug-likeness (QED) is 0.727. The fourth-order valence-electron chi connectivity index (χ4n) is 1.70. The standard InChI is InChI=1S/C14H15FN2O/c15-11-3-6-14(13(16)9-11)17-8-7-10-1-4-12(18)5-2-10/h1-6,9,17-18H,7-8,16H2. The summed E-state index contributed by atoms with van der Waals surface area (Å²) in [5.74, 6) is -0.0777. The normalized spacial score (nSPS) is 10.3. The molecule has 0 aromatic heterocycles. The Morgan fingerprint density at radius 3 is 2.50 bits per heavy atom. The first-order valence-corrected chi connectivity index (χ1v) is 5.72. The molecule has 0 aliphatic carbocycles. The van der Waals surface area contributed by atoms with E-state index in [2.05, 4.69) is 5.32 Å². The van der Waals surface area contributed by atoms with Crippen LogP contribution in [0.2, 0.25) is 0 Å². The van der Waals surface area contributed by atoms with Crippen LogP contribution in [0.1, 0.15) is 5.56 Å². The Kier molecular flexibility index (Phi) is 3.67. The summed E-state index contributed by atoms with van der Waals surface area (Å²) in [6.45, 7) is 0.695. The van der Waals surface area contributed by atoms with Crippen LogP contribution in [0, 0.1) is 5.82 Å². The molecule has 0 bridgehead atoms. The number of phenolic OH excluding ortho intramolecular Hbond substituents is 1. The van der Waals surface area contributed by atoms with Crippen molar-refractivity contribution in [2.45, 2.75) is 6.42 Å². The molecule has 0 saturated heterocycles. The highest BCUT2D eigenvalue weighted by Crippen LogP contribution is 2.19. The molecule has 2 rings (SSSR count). The van der Waals surface area contributed by atoms with Gasteiger partial charge in [0.25, 0.3) is 0 Å². The second kappa shape index (κ2) is 5.40. The van der Waals surface area contributed by atoms with Gasteiger partial charge in [-0.25, -0.2) is 4.39 Å². The Morgan fingerprint density at radius 1 is 1.11 bits per heavy atom. The minimum Gasteiger partial charge on any atom is -0.508 e. The number of hydrogen-bond acceptors (Lipinski definition) is 3. The van der Waals surface area contributed by atoms with Crippen molar-refractivity contribution in [2.75, 3.05) is 17.6 Å². The van der Waals surface area contributed by atoms with E-state index in [9.17, 15) is 4.39 Å². The number of anilines is 2. The van der Waals surface area contributed by atoms with Crippen LogP contribution in [0.25, 0.3) is 0 Å². The third kappa shape index (κ3) is 3.13. The van der Waals surface area contributed by atoms with Crippen molar-refractivity contribution in [2.24, 2.45) is 0 Å². The molecule has 0 unspecified atom stereocenters. The van der Waals surface area contributed by atoms with Gasteiger partial charge in [0.05, 0.1) is 11.4 Å². The van der Waals surface area contributed by atoms with E-state index in [1.54, 1.807) is 18.2 Å². The maximum atomic E-state index is 12.8. The Morgan fingerprint density at radius 2 is 1.83 bits per heavy atom. The van der Waals surface area contributed by atoms with Gasteiger partial charge in [0.2, 0.25) is 0 Å². The molecule has 0 fully saturated rings. The molecule has 2 aromatic rings. The summed E-state index contributed by atoms with van der Waals surface area (Å²) in [7, 11) is 0. The van der Waals surface area contributed by atoms with Gasteiger partial charge in [0.1, 0.15) is 11.6 Å². The van der Waals surface area contributed by atoms with E-state index >= 15 is 0 Å². The summed E-state index contributed by atoms with van der Waals surface area (Å²) < 4.78 is 12.8. The van der Waals surface area contributed by atoms with Gasteiger partial charge in [0.15, 0.2) is 0 Å². The van der Waals surface area contributed by atoms with Gasteiger partial charge in [0, 0.05) is 6.54 Å². The van der Waals surface area contributed by atoms with Crippen molar-refractivity contribution in [3.05, 3.63) is 53.8 Å². The van der Waals surface area contributed by atoms with Crippen molar-refractivity contribution in [1.29, 1.82) is 0 Å². The molecule has 0 amide bonds. The molecule has 18 heavy (non-hydrogen) atoms. The molecular formula is C14H15FN2O. The second-order valence-corrected chi connectivity index (χ2v) is 4.07. The SMILES string of the molecule is Nc1cc(F)ccc1NCCc1ccc(O)cc1. The molecule has 2 aromatic carbocycles. The highest BCUT2D eigenvalue weighted by Gasteiger charge is 2.00. The first-order chi connectivity index (χ1) is 8.65. The van der Waals surface area contributed by atoms with Gasteiger partial charge < -0.3 is 16.2 Å². The zero-order valence-electron chi connectivity index (χ0n) is 9.86. The molecular weight excluding hydrogens is 231 g/mol. The number of nitrogen functional groups attached to an aromatic ring is 1. The minimum atomic E-state index is -0.336. The van der Waals surface area contributed by atoms with Gasteiger partial charge >= 0.3 is 0 Å². The second-order valence-electron chi connectivity index (χ2n) is 4.07. The Bertz CT molecular complexity index is 526. The van der Waals surface area contributed by atoms with Gasteiger partial charge in [-0.15, -0.1) is 0 Å². The van der Waals surface area contributed by atoms with E-state index in [-0.39, 0.29) is 11.6 Å². The van der Waals surface area contributed by atoms with Gasteiger partial charge in [-0.3, -0.25) is 0 Å². The fourth-order valence-corrected chi connectivity index (χ4v) is 1.70. The summed E-state index contributed by atoms with van der Waals surface area (Å²) >= 11 is 0. The Hall–Kier alpha value is -2.23. The number of benzene rings is 2. The van der Waals surface area contributed by atoms with Crippen LogP contribution in [0.3, 0.4) is 0 Å². The Balaban J connectivity index is 1.90. The molecule has 4 N–H and O–H groups in total. The minimum absolute atomic E-state index is 0.259. The summed E-state index contributed by atoms with van der Waals surface area (Å²) in [5, 5.41) is 12.3. The van der Waals surface area contributed by atoms with Crippen LogP contribution >= 0.6 is 0 Å². The summed E-state index contributed by atoms with van der Waals surface area (Å²) in [5.41, 5.74) is 7.93. The summed E-state index contributed by atoms with van der Waals surface area (Å²) in [6.07, 6.45) is 0.803. The number of nitrogens with two attached hydrogens (primary N) is 1. The highest BCUT2D eigenvalue weighted by atomic mass is 19.1. The predicted octanol–water partition coefficient (Wildman–Crippen LogP) is 2.77. The molecule has 0 aliphatic heterocycles. The molecule has 0 radical (unpaired) electrons. The Labute approximate surface area is 105 Å². The van der Waals surface area contributed by atoms with Crippen LogP contribution in [0.15, 0.2) is 42.5 Å².